The fraction of sp³-hybridized carbons (Fsp3) is 0.368. The molecule has 0 spiro atoms. The third kappa shape index (κ3) is 2.38. The molecule has 0 aromatic heterocycles. The van der Waals surface area contributed by atoms with Gasteiger partial charge in [-0.2, -0.15) is 0 Å². The first kappa shape index (κ1) is 13.4. The van der Waals surface area contributed by atoms with Crippen LogP contribution in [0.15, 0.2) is 54.6 Å². The maximum atomic E-state index is 10.9. The van der Waals surface area contributed by atoms with Crippen LogP contribution >= 0.6 is 0 Å². The lowest BCUT2D eigenvalue weighted by atomic mass is 9.81. The van der Waals surface area contributed by atoms with Crippen molar-refractivity contribution in [2.45, 2.75) is 38.2 Å². The topological polar surface area (TPSA) is 20.2 Å². The molecule has 104 valence electrons. The summed E-state index contributed by atoms with van der Waals surface area (Å²) in [6.45, 7) is 2.19. The first-order valence-corrected chi connectivity index (χ1v) is 7.62. The Hall–Kier alpha value is -1.60. The van der Waals surface area contributed by atoms with Gasteiger partial charge in [-0.25, -0.2) is 0 Å². The van der Waals surface area contributed by atoms with E-state index in [1.165, 1.54) is 16.7 Å². The van der Waals surface area contributed by atoms with E-state index in [1.807, 2.05) is 6.07 Å². The quantitative estimate of drug-likeness (QED) is 0.810. The van der Waals surface area contributed by atoms with E-state index in [0.29, 0.717) is 5.92 Å². The zero-order chi connectivity index (χ0) is 13.9. The van der Waals surface area contributed by atoms with E-state index in [-0.39, 0.29) is 12.0 Å². The van der Waals surface area contributed by atoms with Gasteiger partial charge in [-0.3, -0.25) is 0 Å². The SMILES string of the molecule is CC[C@@H]1CCc2ccccc2[C@H](c2ccccc2)[C@H]1O. The molecule has 1 aliphatic carbocycles. The average Bonchev–Trinajstić information content (AvgIpc) is 2.64. The molecule has 0 saturated heterocycles. The monoisotopic (exact) mass is 266 g/mol. The van der Waals surface area contributed by atoms with Crippen molar-refractivity contribution in [2.24, 2.45) is 5.92 Å². The molecule has 1 nitrogen and oxygen atoms in total. The standard InChI is InChI=1S/C19H22O/c1-2-14-12-13-15-8-6-7-11-17(15)18(19(14)20)16-9-4-3-5-10-16/h3-11,14,18-20H,2,12-13H2,1H3/t14-,18+,19+/m1/s1. The van der Waals surface area contributed by atoms with Crippen molar-refractivity contribution in [3.05, 3.63) is 71.3 Å². The number of fused-ring (bicyclic) bond motifs is 1. The van der Waals surface area contributed by atoms with Gasteiger partial charge >= 0.3 is 0 Å². The molecule has 1 aliphatic rings. The molecule has 0 aliphatic heterocycles. The van der Waals surface area contributed by atoms with Crippen molar-refractivity contribution >= 4 is 0 Å². The van der Waals surface area contributed by atoms with Crippen molar-refractivity contribution in [3.63, 3.8) is 0 Å². The first-order valence-electron chi connectivity index (χ1n) is 7.62. The lowest BCUT2D eigenvalue weighted by Crippen LogP contribution is -2.27. The molecule has 1 N–H and O–H groups in total. The van der Waals surface area contributed by atoms with Crippen LogP contribution in [0.5, 0.6) is 0 Å². The summed E-state index contributed by atoms with van der Waals surface area (Å²) in [5.41, 5.74) is 3.94. The van der Waals surface area contributed by atoms with E-state index in [1.54, 1.807) is 0 Å². The largest absolute Gasteiger partial charge is 0.392 e. The molecule has 0 heterocycles. The van der Waals surface area contributed by atoms with Gasteiger partial charge in [-0.05, 0) is 35.4 Å². The van der Waals surface area contributed by atoms with Crippen molar-refractivity contribution in [3.8, 4) is 0 Å². The summed E-state index contributed by atoms with van der Waals surface area (Å²) in [4.78, 5) is 0. The molecule has 20 heavy (non-hydrogen) atoms. The van der Waals surface area contributed by atoms with E-state index in [2.05, 4.69) is 55.5 Å². The summed E-state index contributed by atoms with van der Waals surface area (Å²) < 4.78 is 0. The van der Waals surface area contributed by atoms with E-state index in [9.17, 15) is 5.11 Å². The molecule has 2 aromatic carbocycles. The highest BCUT2D eigenvalue weighted by atomic mass is 16.3. The minimum atomic E-state index is -0.286. The molecular weight excluding hydrogens is 244 g/mol. The first-order chi connectivity index (χ1) is 9.81. The molecule has 3 atom stereocenters. The van der Waals surface area contributed by atoms with Gasteiger partial charge in [0, 0.05) is 5.92 Å². The number of aliphatic hydroxyl groups excluding tert-OH is 1. The minimum Gasteiger partial charge on any atom is -0.392 e. The van der Waals surface area contributed by atoms with Crippen LogP contribution in [0, 0.1) is 5.92 Å². The van der Waals surface area contributed by atoms with Crippen LogP contribution in [-0.2, 0) is 6.42 Å². The number of rotatable bonds is 2. The summed E-state index contributed by atoms with van der Waals surface area (Å²) in [5.74, 6) is 0.493. The Kier molecular flexibility index (Phi) is 3.88. The summed E-state index contributed by atoms with van der Waals surface area (Å²) in [7, 11) is 0. The molecule has 0 unspecified atom stereocenters. The van der Waals surface area contributed by atoms with E-state index >= 15 is 0 Å². The highest BCUT2D eigenvalue weighted by Gasteiger charge is 2.33. The molecule has 2 aromatic rings. The van der Waals surface area contributed by atoms with Gasteiger partial charge in [-0.1, -0.05) is 67.9 Å². The molecule has 0 bridgehead atoms. The predicted octanol–water partition coefficient (Wildman–Crippen LogP) is 4.15. The predicted molar refractivity (Wildman–Crippen MR) is 82.8 cm³/mol. The number of hydrogen-bond donors (Lipinski definition) is 1. The van der Waals surface area contributed by atoms with E-state index in [4.69, 9.17) is 0 Å². The maximum absolute atomic E-state index is 10.9. The Morgan fingerprint density at radius 3 is 2.45 bits per heavy atom. The Morgan fingerprint density at radius 1 is 1.00 bits per heavy atom. The number of aliphatic hydroxyl groups is 1. The molecule has 0 saturated carbocycles. The molecule has 0 fully saturated rings. The van der Waals surface area contributed by atoms with E-state index < -0.39 is 0 Å². The fourth-order valence-electron chi connectivity index (χ4n) is 3.52. The molecule has 0 amide bonds. The lowest BCUT2D eigenvalue weighted by Gasteiger charge is -2.28. The highest BCUT2D eigenvalue weighted by molar-refractivity contribution is 5.40. The van der Waals surface area contributed by atoms with E-state index in [0.717, 1.165) is 19.3 Å². The molecule has 0 radical (unpaired) electrons. The van der Waals surface area contributed by atoms with Crippen molar-refractivity contribution in [1.29, 1.82) is 0 Å². The number of hydrogen-bond acceptors (Lipinski definition) is 1. The smallest absolute Gasteiger partial charge is 0.0677 e. The number of aryl methyl sites for hydroxylation is 1. The second kappa shape index (κ2) is 5.80. The van der Waals surface area contributed by atoms with Crippen molar-refractivity contribution in [2.75, 3.05) is 0 Å². The van der Waals surface area contributed by atoms with Gasteiger partial charge in [0.1, 0.15) is 0 Å². The zero-order valence-electron chi connectivity index (χ0n) is 12.0. The summed E-state index contributed by atoms with van der Waals surface area (Å²) in [5, 5.41) is 10.9. The minimum absolute atomic E-state index is 0.111. The highest BCUT2D eigenvalue weighted by Crippen LogP contribution is 2.39. The van der Waals surface area contributed by atoms with Crippen LogP contribution in [-0.4, -0.2) is 11.2 Å². The summed E-state index contributed by atoms with van der Waals surface area (Å²) in [6, 6.07) is 19.1. The zero-order valence-corrected chi connectivity index (χ0v) is 12.0. The Balaban J connectivity index is 2.11. The normalized spacial score (nSPS) is 25.8. The van der Waals surface area contributed by atoms with Crippen LogP contribution < -0.4 is 0 Å². The average molecular weight is 266 g/mol. The van der Waals surface area contributed by atoms with Gasteiger partial charge in [0.25, 0.3) is 0 Å². The summed E-state index contributed by atoms with van der Waals surface area (Å²) in [6.07, 6.45) is 2.91. The van der Waals surface area contributed by atoms with Gasteiger partial charge in [0.2, 0.25) is 0 Å². The van der Waals surface area contributed by atoms with Gasteiger partial charge in [-0.15, -0.1) is 0 Å². The second-order valence-electron chi connectivity index (χ2n) is 5.78. The van der Waals surface area contributed by atoms with Crippen LogP contribution in [0.4, 0.5) is 0 Å². The fourth-order valence-corrected chi connectivity index (χ4v) is 3.52. The van der Waals surface area contributed by atoms with Crippen molar-refractivity contribution < 1.29 is 5.11 Å². The maximum Gasteiger partial charge on any atom is 0.0677 e. The molecule has 3 rings (SSSR count). The van der Waals surface area contributed by atoms with Gasteiger partial charge < -0.3 is 5.11 Å². The Bertz CT molecular complexity index is 561. The third-order valence-corrected chi connectivity index (χ3v) is 4.68. The Labute approximate surface area is 121 Å². The van der Waals surface area contributed by atoms with Crippen LogP contribution in [0.3, 0.4) is 0 Å². The second-order valence-corrected chi connectivity index (χ2v) is 5.78. The van der Waals surface area contributed by atoms with Crippen LogP contribution in [0.25, 0.3) is 0 Å². The van der Waals surface area contributed by atoms with Gasteiger partial charge in [0.15, 0.2) is 0 Å². The Morgan fingerprint density at radius 2 is 1.70 bits per heavy atom. The van der Waals surface area contributed by atoms with Crippen molar-refractivity contribution in [1.82, 2.24) is 0 Å². The molecular formula is C19H22O. The summed E-state index contributed by atoms with van der Waals surface area (Å²) >= 11 is 0. The number of benzene rings is 2. The van der Waals surface area contributed by atoms with Gasteiger partial charge in [0.05, 0.1) is 6.10 Å². The lowest BCUT2D eigenvalue weighted by molar-refractivity contribution is 0.0886. The van der Waals surface area contributed by atoms with Crippen LogP contribution in [0.1, 0.15) is 42.4 Å². The van der Waals surface area contributed by atoms with Crippen LogP contribution in [0.2, 0.25) is 0 Å². The third-order valence-electron chi connectivity index (χ3n) is 4.68. The molecule has 1 heteroatoms.